The summed E-state index contributed by atoms with van der Waals surface area (Å²) >= 11 is 0. The lowest BCUT2D eigenvalue weighted by Crippen LogP contribution is -2.45. The van der Waals surface area contributed by atoms with Gasteiger partial charge in [-0.05, 0) is 18.6 Å². The molecule has 1 unspecified atom stereocenters. The summed E-state index contributed by atoms with van der Waals surface area (Å²) in [6.45, 7) is 6.20. The smallest absolute Gasteiger partial charge is 0.243 e. The molecular formula is C19H29N5O2. The van der Waals surface area contributed by atoms with E-state index in [0.717, 1.165) is 30.9 Å². The molecule has 1 aliphatic rings. The van der Waals surface area contributed by atoms with Crippen molar-refractivity contribution in [2.45, 2.75) is 12.5 Å². The number of benzene rings is 1. The number of amides is 1. The Morgan fingerprint density at radius 3 is 2.92 bits per heavy atom. The molecule has 2 N–H and O–H groups in total. The first kappa shape index (κ1) is 19.6. The minimum Gasteiger partial charge on any atom is -0.495 e. The van der Waals surface area contributed by atoms with Crippen LogP contribution in [0.25, 0.3) is 0 Å². The van der Waals surface area contributed by atoms with Crippen molar-refractivity contribution in [2.75, 3.05) is 52.3 Å². The number of nitrogens with zero attached hydrogens (tertiary/aromatic N) is 3. The highest BCUT2D eigenvalue weighted by Gasteiger charge is 2.25. The molecule has 26 heavy (non-hydrogen) atoms. The molecule has 1 atom stereocenters. The van der Waals surface area contributed by atoms with Crippen LogP contribution in [0, 0.1) is 0 Å². The van der Waals surface area contributed by atoms with E-state index < -0.39 is 0 Å². The van der Waals surface area contributed by atoms with Crippen LogP contribution in [0.4, 0.5) is 5.69 Å². The van der Waals surface area contributed by atoms with E-state index in [-0.39, 0.29) is 18.5 Å². The summed E-state index contributed by atoms with van der Waals surface area (Å²) in [5.74, 6) is 1.47. The molecule has 1 aliphatic heterocycles. The average Bonchev–Trinajstić information content (AvgIpc) is 3.11. The number of anilines is 1. The lowest BCUT2D eigenvalue weighted by Gasteiger charge is -2.22. The molecule has 1 saturated heterocycles. The lowest BCUT2D eigenvalue weighted by atomic mass is 10.2. The Hall–Kier alpha value is -2.70. The third-order valence-electron chi connectivity index (χ3n) is 4.24. The second-order valence-corrected chi connectivity index (χ2v) is 6.37. The van der Waals surface area contributed by atoms with Gasteiger partial charge in [0.05, 0.1) is 12.8 Å². The van der Waals surface area contributed by atoms with Crippen molar-refractivity contribution in [3.63, 3.8) is 0 Å². The van der Waals surface area contributed by atoms with Gasteiger partial charge in [0.25, 0.3) is 0 Å². The number of hydrogen-bond acceptors (Lipinski definition) is 4. The number of guanidine groups is 1. The Kier molecular flexibility index (Phi) is 7.32. The van der Waals surface area contributed by atoms with E-state index in [2.05, 4.69) is 33.2 Å². The second-order valence-electron chi connectivity index (χ2n) is 6.37. The molecule has 7 heteroatoms. The SMILES string of the molecule is C=CCNC(=NCC(=O)N(C)C)NC1CCN(c2ccccc2OC)C1. The molecule has 1 fully saturated rings. The second kappa shape index (κ2) is 9.70. The fourth-order valence-corrected chi connectivity index (χ4v) is 2.79. The van der Waals surface area contributed by atoms with Gasteiger partial charge in [-0.2, -0.15) is 0 Å². The van der Waals surface area contributed by atoms with E-state index in [9.17, 15) is 4.79 Å². The number of aliphatic imine (C=N–C) groups is 1. The highest BCUT2D eigenvalue weighted by Crippen LogP contribution is 2.30. The van der Waals surface area contributed by atoms with E-state index in [1.54, 1.807) is 27.3 Å². The first-order valence-electron chi connectivity index (χ1n) is 8.79. The van der Waals surface area contributed by atoms with Crippen LogP contribution in [-0.2, 0) is 4.79 Å². The molecule has 1 aromatic rings. The van der Waals surface area contributed by atoms with Crippen LogP contribution in [0.1, 0.15) is 6.42 Å². The maximum absolute atomic E-state index is 11.8. The van der Waals surface area contributed by atoms with Gasteiger partial charge >= 0.3 is 0 Å². The van der Waals surface area contributed by atoms with Crippen LogP contribution in [0.5, 0.6) is 5.75 Å². The van der Waals surface area contributed by atoms with Crippen molar-refractivity contribution in [3.05, 3.63) is 36.9 Å². The topological polar surface area (TPSA) is 69.2 Å². The minimum atomic E-state index is -0.0354. The molecule has 7 nitrogen and oxygen atoms in total. The molecule has 0 spiro atoms. The largest absolute Gasteiger partial charge is 0.495 e. The summed E-state index contributed by atoms with van der Waals surface area (Å²) in [6, 6.07) is 8.28. The number of likely N-dealkylation sites (N-methyl/N-ethyl adjacent to an activating group) is 1. The predicted octanol–water partition coefficient (Wildman–Crippen LogP) is 1.08. The van der Waals surface area contributed by atoms with Crippen LogP contribution in [-0.4, -0.2) is 70.2 Å². The van der Waals surface area contributed by atoms with Crippen molar-refractivity contribution in [3.8, 4) is 5.75 Å². The quantitative estimate of drug-likeness (QED) is 0.433. The van der Waals surface area contributed by atoms with Crippen molar-refractivity contribution in [2.24, 2.45) is 4.99 Å². The molecule has 2 rings (SSSR count). The van der Waals surface area contributed by atoms with Gasteiger partial charge in [-0.15, -0.1) is 6.58 Å². The van der Waals surface area contributed by atoms with Crippen LogP contribution in [0.15, 0.2) is 41.9 Å². The van der Waals surface area contributed by atoms with E-state index in [1.807, 2.05) is 18.2 Å². The molecule has 0 aromatic heterocycles. The summed E-state index contributed by atoms with van der Waals surface area (Å²) in [5, 5.41) is 6.59. The van der Waals surface area contributed by atoms with Crippen LogP contribution in [0.3, 0.4) is 0 Å². The third kappa shape index (κ3) is 5.40. The third-order valence-corrected chi connectivity index (χ3v) is 4.24. The lowest BCUT2D eigenvalue weighted by molar-refractivity contribution is -0.127. The normalized spacial score (nSPS) is 17.0. The van der Waals surface area contributed by atoms with Crippen molar-refractivity contribution >= 4 is 17.6 Å². The zero-order valence-electron chi connectivity index (χ0n) is 15.9. The number of para-hydroxylation sites is 2. The van der Waals surface area contributed by atoms with Crippen molar-refractivity contribution in [1.82, 2.24) is 15.5 Å². The minimum absolute atomic E-state index is 0.0354. The fourth-order valence-electron chi connectivity index (χ4n) is 2.79. The van der Waals surface area contributed by atoms with Crippen LogP contribution < -0.4 is 20.3 Å². The van der Waals surface area contributed by atoms with Gasteiger partial charge in [0, 0.05) is 39.8 Å². The van der Waals surface area contributed by atoms with Crippen molar-refractivity contribution in [1.29, 1.82) is 0 Å². The zero-order chi connectivity index (χ0) is 18.9. The molecule has 0 aliphatic carbocycles. The molecule has 1 amide bonds. The summed E-state index contributed by atoms with van der Waals surface area (Å²) < 4.78 is 5.46. The first-order valence-corrected chi connectivity index (χ1v) is 8.79. The number of nitrogens with one attached hydrogen (secondary N) is 2. The van der Waals surface area contributed by atoms with Crippen LogP contribution in [0.2, 0.25) is 0 Å². The van der Waals surface area contributed by atoms with Crippen molar-refractivity contribution < 1.29 is 9.53 Å². The summed E-state index contributed by atoms with van der Waals surface area (Å²) in [4.78, 5) is 20.0. The summed E-state index contributed by atoms with van der Waals surface area (Å²) in [5.41, 5.74) is 1.10. The molecule has 0 saturated carbocycles. The van der Waals surface area contributed by atoms with Gasteiger partial charge in [0.1, 0.15) is 12.3 Å². The number of rotatable bonds is 7. The summed E-state index contributed by atoms with van der Waals surface area (Å²) in [7, 11) is 5.14. The molecule has 1 aromatic carbocycles. The van der Waals surface area contributed by atoms with Gasteiger partial charge in [0.15, 0.2) is 5.96 Å². The Labute approximate surface area is 155 Å². The zero-order valence-corrected chi connectivity index (χ0v) is 15.9. The van der Waals surface area contributed by atoms with Gasteiger partial charge in [-0.3, -0.25) is 4.79 Å². The predicted molar refractivity (Wildman–Crippen MR) is 106 cm³/mol. The Balaban J connectivity index is 1.99. The number of carbonyl (C=O) groups is 1. The Morgan fingerprint density at radius 2 is 2.23 bits per heavy atom. The molecular weight excluding hydrogens is 330 g/mol. The molecule has 0 radical (unpaired) electrons. The van der Waals surface area contributed by atoms with Gasteiger partial charge in [-0.25, -0.2) is 4.99 Å². The molecule has 1 heterocycles. The summed E-state index contributed by atoms with van der Waals surface area (Å²) in [6.07, 6.45) is 2.75. The number of methoxy groups -OCH3 is 1. The van der Waals surface area contributed by atoms with E-state index in [0.29, 0.717) is 12.5 Å². The molecule has 142 valence electrons. The molecule has 0 bridgehead atoms. The maximum atomic E-state index is 11.8. The maximum Gasteiger partial charge on any atom is 0.243 e. The van der Waals surface area contributed by atoms with Gasteiger partial charge < -0.3 is 25.2 Å². The number of carbonyl (C=O) groups excluding carboxylic acids is 1. The monoisotopic (exact) mass is 359 g/mol. The number of ether oxygens (including phenoxy) is 1. The highest BCUT2D eigenvalue weighted by atomic mass is 16.5. The van der Waals surface area contributed by atoms with E-state index >= 15 is 0 Å². The van der Waals surface area contributed by atoms with Gasteiger partial charge in [-0.1, -0.05) is 18.2 Å². The Bertz CT molecular complexity index is 645. The fraction of sp³-hybridized carbons (Fsp3) is 0.474. The Morgan fingerprint density at radius 1 is 1.46 bits per heavy atom. The van der Waals surface area contributed by atoms with E-state index in [1.165, 1.54) is 4.90 Å². The first-order chi connectivity index (χ1) is 12.5. The standard InChI is InChI=1S/C19H29N5O2/c1-5-11-20-19(21-13-18(25)23(2)3)22-15-10-12-24(14-15)16-8-6-7-9-17(16)26-4/h5-9,15H,1,10-14H2,2-4H3,(H2,20,21,22). The van der Waals surface area contributed by atoms with Crippen LogP contribution >= 0.6 is 0 Å². The van der Waals surface area contributed by atoms with E-state index in [4.69, 9.17) is 4.74 Å². The number of hydrogen-bond donors (Lipinski definition) is 2. The highest BCUT2D eigenvalue weighted by molar-refractivity contribution is 5.85. The average molecular weight is 359 g/mol. The van der Waals surface area contributed by atoms with Gasteiger partial charge in [0.2, 0.25) is 5.91 Å².